The largest absolute Gasteiger partial charge is 0.486 e. The molecule has 0 unspecified atom stereocenters. The predicted octanol–water partition coefficient (Wildman–Crippen LogP) is 4.83. The molecular weight excluding hydrogens is 382 g/mol. The van der Waals surface area contributed by atoms with Gasteiger partial charge in [-0.3, -0.25) is 4.79 Å². The highest BCUT2D eigenvalue weighted by molar-refractivity contribution is 7.09. The van der Waals surface area contributed by atoms with Crippen LogP contribution in [0.15, 0.2) is 47.8 Å². The first-order chi connectivity index (χ1) is 12.5. The summed E-state index contributed by atoms with van der Waals surface area (Å²) in [5.74, 6) is -0.884. The van der Waals surface area contributed by atoms with Crippen molar-refractivity contribution in [2.45, 2.75) is 13.0 Å². The second-order valence-electron chi connectivity index (χ2n) is 5.30. The Balaban J connectivity index is 1.55. The lowest BCUT2D eigenvalue weighted by Gasteiger charge is -2.06. The van der Waals surface area contributed by atoms with Crippen molar-refractivity contribution in [3.63, 3.8) is 0 Å². The number of hydrogen-bond acceptors (Lipinski definition) is 4. The molecule has 2 aromatic carbocycles. The molecule has 0 saturated carbocycles. The zero-order chi connectivity index (χ0) is 18.5. The molecule has 4 nitrogen and oxygen atoms in total. The van der Waals surface area contributed by atoms with Gasteiger partial charge in [-0.15, -0.1) is 11.3 Å². The maximum atomic E-state index is 13.8. The van der Waals surface area contributed by atoms with E-state index >= 15 is 0 Å². The minimum atomic E-state index is -0.672. The van der Waals surface area contributed by atoms with Gasteiger partial charge in [-0.1, -0.05) is 17.7 Å². The highest BCUT2D eigenvalue weighted by atomic mass is 35.5. The van der Waals surface area contributed by atoms with Crippen LogP contribution in [0.2, 0.25) is 5.02 Å². The third-order valence-corrected chi connectivity index (χ3v) is 4.51. The number of benzene rings is 2. The number of halogens is 3. The number of carbonyl (C=O) groups excluding carboxylic acids is 1. The van der Waals surface area contributed by atoms with Crippen molar-refractivity contribution < 1.29 is 18.3 Å². The van der Waals surface area contributed by atoms with Crippen molar-refractivity contribution in [3.05, 3.63) is 75.2 Å². The van der Waals surface area contributed by atoms with Crippen LogP contribution in [-0.4, -0.2) is 10.9 Å². The Morgan fingerprint density at radius 2 is 1.96 bits per heavy atom. The fourth-order valence-electron chi connectivity index (χ4n) is 2.13. The number of rotatable bonds is 6. The van der Waals surface area contributed by atoms with E-state index in [1.807, 2.05) is 0 Å². The van der Waals surface area contributed by atoms with Gasteiger partial charge in [-0.25, -0.2) is 13.8 Å². The highest BCUT2D eigenvalue weighted by Gasteiger charge is 2.12. The Bertz CT molecular complexity index is 916. The number of nitrogens with zero attached hydrogens (tertiary/aromatic N) is 1. The molecule has 8 heteroatoms. The van der Waals surface area contributed by atoms with Gasteiger partial charge in [-0.2, -0.15) is 0 Å². The van der Waals surface area contributed by atoms with Gasteiger partial charge < -0.3 is 10.1 Å². The summed E-state index contributed by atoms with van der Waals surface area (Å²) in [4.78, 5) is 16.3. The van der Waals surface area contributed by atoms with Crippen LogP contribution in [0.3, 0.4) is 0 Å². The van der Waals surface area contributed by atoms with Gasteiger partial charge in [0, 0.05) is 5.38 Å². The summed E-state index contributed by atoms with van der Waals surface area (Å²) < 4.78 is 32.1. The zero-order valence-corrected chi connectivity index (χ0v) is 14.9. The summed E-state index contributed by atoms with van der Waals surface area (Å²) in [6.45, 7) is 0.209. The van der Waals surface area contributed by atoms with E-state index in [9.17, 15) is 13.6 Å². The average molecular weight is 395 g/mol. The van der Waals surface area contributed by atoms with Crippen molar-refractivity contribution in [2.24, 2.45) is 0 Å². The minimum absolute atomic E-state index is 0.000991. The number of ether oxygens (including phenoxy) is 1. The number of amides is 1. The molecule has 0 bridgehead atoms. The summed E-state index contributed by atoms with van der Waals surface area (Å²) in [5.41, 5.74) is 0.574. The maximum absolute atomic E-state index is 13.8. The lowest BCUT2D eigenvalue weighted by Crippen LogP contribution is -2.15. The average Bonchev–Trinajstić information content (AvgIpc) is 3.06. The molecule has 0 saturated heterocycles. The van der Waals surface area contributed by atoms with E-state index in [1.54, 1.807) is 11.4 Å². The van der Waals surface area contributed by atoms with E-state index in [0.717, 1.165) is 0 Å². The van der Waals surface area contributed by atoms with E-state index in [0.29, 0.717) is 16.5 Å². The third kappa shape index (κ3) is 4.77. The predicted molar refractivity (Wildman–Crippen MR) is 96.6 cm³/mol. The fourth-order valence-corrected chi connectivity index (χ4v) is 3.01. The van der Waals surface area contributed by atoms with Gasteiger partial charge in [0.1, 0.15) is 23.2 Å². The number of thiazole rings is 1. The number of nitrogens with one attached hydrogen (secondary N) is 1. The van der Waals surface area contributed by atoms with E-state index in [1.165, 1.54) is 47.7 Å². The van der Waals surface area contributed by atoms with Gasteiger partial charge in [0.25, 0.3) is 0 Å². The monoisotopic (exact) mass is 394 g/mol. The van der Waals surface area contributed by atoms with Crippen molar-refractivity contribution in [2.75, 3.05) is 5.32 Å². The second kappa shape index (κ2) is 8.25. The molecular formula is C18H13ClF2N2O2S. The molecule has 134 valence electrons. The van der Waals surface area contributed by atoms with Crippen LogP contribution in [0.5, 0.6) is 5.75 Å². The summed E-state index contributed by atoms with van der Waals surface area (Å²) in [6, 6.07) is 10.1. The summed E-state index contributed by atoms with van der Waals surface area (Å²) in [6.07, 6.45) is -0.000991. The SMILES string of the molecule is O=C(Cc1csc(COc2ccc(F)cc2)n1)Nc1cccc(Cl)c1F. The molecule has 0 aliphatic carbocycles. The smallest absolute Gasteiger partial charge is 0.230 e. The van der Waals surface area contributed by atoms with Crippen molar-refractivity contribution in [3.8, 4) is 5.75 Å². The zero-order valence-electron chi connectivity index (χ0n) is 13.3. The molecule has 0 fully saturated rings. The summed E-state index contributed by atoms with van der Waals surface area (Å²) >= 11 is 7.02. The first-order valence-corrected chi connectivity index (χ1v) is 8.82. The maximum Gasteiger partial charge on any atom is 0.230 e. The Morgan fingerprint density at radius 1 is 1.19 bits per heavy atom. The van der Waals surface area contributed by atoms with E-state index in [-0.39, 0.29) is 29.6 Å². The summed E-state index contributed by atoms with van der Waals surface area (Å²) in [5, 5.41) is 4.82. The van der Waals surface area contributed by atoms with Gasteiger partial charge >= 0.3 is 0 Å². The third-order valence-electron chi connectivity index (χ3n) is 3.34. The Morgan fingerprint density at radius 3 is 2.73 bits per heavy atom. The van der Waals surface area contributed by atoms with Gasteiger partial charge in [-0.05, 0) is 36.4 Å². The van der Waals surface area contributed by atoms with Crippen LogP contribution in [0.4, 0.5) is 14.5 Å². The van der Waals surface area contributed by atoms with E-state index in [2.05, 4.69) is 10.3 Å². The number of carbonyl (C=O) groups is 1. The van der Waals surface area contributed by atoms with Crippen LogP contribution in [0, 0.1) is 11.6 Å². The minimum Gasteiger partial charge on any atom is -0.486 e. The Labute approximate surface area is 157 Å². The first-order valence-electron chi connectivity index (χ1n) is 7.57. The molecule has 1 N–H and O–H groups in total. The topological polar surface area (TPSA) is 51.2 Å². The Kier molecular flexibility index (Phi) is 5.80. The summed E-state index contributed by atoms with van der Waals surface area (Å²) in [7, 11) is 0. The lowest BCUT2D eigenvalue weighted by atomic mass is 10.2. The molecule has 3 aromatic rings. The molecule has 0 atom stereocenters. The van der Waals surface area contributed by atoms with Crippen molar-refractivity contribution in [1.82, 2.24) is 4.98 Å². The highest BCUT2D eigenvalue weighted by Crippen LogP contribution is 2.22. The van der Waals surface area contributed by atoms with E-state index < -0.39 is 11.7 Å². The second-order valence-corrected chi connectivity index (χ2v) is 6.65. The normalized spacial score (nSPS) is 10.6. The molecule has 1 amide bonds. The number of hydrogen-bond donors (Lipinski definition) is 1. The standard InChI is InChI=1S/C18H13ClF2N2O2S/c19-14-2-1-3-15(18(14)21)23-16(24)8-12-10-26-17(22-12)9-25-13-6-4-11(20)5-7-13/h1-7,10H,8-9H2,(H,23,24). The van der Waals surface area contributed by atoms with Crippen molar-refractivity contribution >= 4 is 34.5 Å². The molecule has 0 radical (unpaired) electrons. The Hall–Kier alpha value is -2.51. The van der Waals surface area contributed by atoms with Gasteiger partial charge in [0.2, 0.25) is 5.91 Å². The lowest BCUT2D eigenvalue weighted by molar-refractivity contribution is -0.115. The number of anilines is 1. The molecule has 0 spiro atoms. The molecule has 0 aliphatic rings. The first kappa shape index (κ1) is 18.3. The molecule has 26 heavy (non-hydrogen) atoms. The van der Waals surface area contributed by atoms with Crippen LogP contribution in [-0.2, 0) is 17.8 Å². The van der Waals surface area contributed by atoms with E-state index in [4.69, 9.17) is 16.3 Å². The van der Waals surface area contributed by atoms with Crippen LogP contribution >= 0.6 is 22.9 Å². The van der Waals surface area contributed by atoms with Crippen LogP contribution < -0.4 is 10.1 Å². The molecule has 3 rings (SSSR count). The molecule has 1 heterocycles. The van der Waals surface area contributed by atoms with Crippen LogP contribution in [0.25, 0.3) is 0 Å². The van der Waals surface area contributed by atoms with Crippen LogP contribution in [0.1, 0.15) is 10.7 Å². The van der Waals surface area contributed by atoms with Gasteiger partial charge in [0.05, 0.1) is 22.8 Å². The molecule has 0 aliphatic heterocycles. The fraction of sp³-hybridized carbons (Fsp3) is 0.111. The molecule has 1 aromatic heterocycles. The number of aromatic nitrogens is 1. The quantitative estimate of drug-likeness (QED) is 0.651. The van der Waals surface area contributed by atoms with Crippen molar-refractivity contribution in [1.29, 1.82) is 0 Å². The van der Waals surface area contributed by atoms with Gasteiger partial charge in [0.15, 0.2) is 5.82 Å².